The van der Waals surface area contributed by atoms with Gasteiger partial charge in [0.25, 0.3) is 0 Å². The average Bonchev–Trinajstić information content (AvgIpc) is 2.67. The number of amides is 3. The van der Waals surface area contributed by atoms with Gasteiger partial charge in [-0.15, -0.1) is 16.5 Å². The zero-order chi connectivity index (χ0) is 22.5. The van der Waals surface area contributed by atoms with Crippen LogP contribution < -0.4 is 10.6 Å². The summed E-state index contributed by atoms with van der Waals surface area (Å²) in [7, 11) is 0. The van der Waals surface area contributed by atoms with E-state index in [1.165, 1.54) is 0 Å². The number of halogens is 2. The highest BCUT2D eigenvalue weighted by atomic mass is 35.5. The molecule has 1 aliphatic carbocycles. The molecule has 0 spiro atoms. The molecule has 30 heavy (non-hydrogen) atoms. The molecule has 0 atom stereocenters. The van der Waals surface area contributed by atoms with E-state index in [0.29, 0.717) is 10.7 Å². The normalized spacial score (nSPS) is 17.9. The van der Waals surface area contributed by atoms with Gasteiger partial charge >= 0.3 is 12.1 Å². The van der Waals surface area contributed by atoms with Gasteiger partial charge in [-0.3, -0.25) is 5.32 Å². The first-order valence-corrected chi connectivity index (χ1v) is 10.9. The van der Waals surface area contributed by atoms with Crippen LogP contribution >= 0.6 is 23.2 Å². The Kier molecular flexibility index (Phi) is 12.2. The molecule has 1 aromatic carbocycles. The standard InChI is InChI=1S/C10H18ClN3O2.C10H12ClNO2/c1-8-2-4-9(5-3-8)12-10(15)14(13-16)7-6-11;1-7(2)14-10(13)12-9-5-3-4-8(11)6-9/h8-9H,2-7H2,1H3,(H,12,15);3-7H,1-2H3,(H,12,13). The van der Waals surface area contributed by atoms with Gasteiger partial charge in [0.05, 0.1) is 17.9 Å². The van der Waals surface area contributed by atoms with Gasteiger partial charge in [0.2, 0.25) is 0 Å². The van der Waals surface area contributed by atoms with Crippen LogP contribution in [0.15, 0.2) is 29.6 Å². The number of hydrogen-bond acceptors (Lipinski definition) is 5. The minimum absolute atomic E-state index is 0.130. The molecule has 1 aliphatic rings. The Labute approximate surface area is 187 Å². The molecular formula is C20H30Cl2N4O4. The number of ether oxygens (including phenoxy) is 1. The first-order chi connectivity index (χ1) is 14.2. The van der Waals surface area contributed by atoms with Gasteiger partial charge < -0.3 is 10.1 Å². The Hall–Kier alpha value is -2.06. The number of nitroso groups, excluding NO2 is 1. The van der Waals surface area contributed by atoms with Crippen molar-refractivity contribution in [3.8, 4) is 0 Å². The maximum absolute atomic E-state index is 11.6. The predicted octanol–water partition coefficient (Wildman–Crippen LogP) is 5.79. The van der Waals surface area contributed by atoms with Crippen molar-refractivity contribution in [3.05, 3.63) is 34.2 Å². The minimum atomic E-state index is -0.470. The van der Waals surface area contributed by atoms with Crippen molar-refractivity contribution in [2.24, 2.45) is 11.2 Å². The van der Waals surface area contributed by atoms with Gasteiger partial charge in [-0.25, -0.2) is 9.59 Å². The van der Waals surface area contributed by atoms with Crippen LogP contribution in [0.2, 0.25) is 5.02 Å². The van der Waals surface area contributed by atoms with Crippen LogP contribution in [0.1, 0.15) is 46.5 Å². The number of rotatable bonds is 6. The number of anilines is 1. The Morgan fingerprint density at radius 1 is 1.27 bits per heavy atom. The average molecular weight is 461 g/mol. The number of nitrogens with zero attached hydrogens (tertiary/aromatic N) is 2. The van der Waals surface area contributed by atoms with Crippen molar-refractivity contribution in [2.75, 3.05) is 17.7 Å². The van der Waals surface area contributed by atoms with Crippen molar-refractivity contribution < 1.29 is 14.3 Å². The molecule has 0 aliphatic heterocycles. The zero-order valence-electron chi connectivity index (χ0n) is 17.6. The van der Waals surface area contributed by atoms with Crippen molar-refractivity contribution >= 4 is 41.0 Å². The van der Waals surface area contributed by atoms with E-state index < -0.39 is 12.1 Å². The number of urea groups is 1. The number of alkyl halides is 1. The lowest BCUT2D eigenvalue weighted by Crippen LogP contribution is -2.44. The SMILES string of the molecule is CC(C)OC(=O)Nc1cccc(Cl)c1.CC1CCC(NC(=O)N(CCCl)N=O)CC1. The molecule has 0 saturated heterocycles. The monoisotopic (exact) mass is 460 g/mol. The van der Waals surface area contributed by atoms with Gasteiger partial charge in [0.1, 0.15) is 0 Å². The molecule has 10 heteroatoms. The lowest BCUT2D eigenvalue weighted by Gasteiger charge is -2.27. The molecule has 1 aromatic rings. The summed E-state index contributed by atoms with van der Waals surface area (Å²) in [5, 5.41) is 9.44. The van der Waals surface area contributed by atoms with E-state index in [2.05, 4.69) is 22.8 Å². The molecule has 1 saturated carbocycles. The smallest absolute Gasteiger partial charge is 0.411 e. The summed E-state index contributed by atoms with van der Waals surface area (Å²) in [6, 6.07) is 6.63. The largest absolute Gasteiger partial charge is 0.447 e. The molecule has 2 rings (SSSR count). The van der Waals surface area contributed by atoms with E-state index in [1.807, 2.05) is 0 Å². The summed E-state index contributed by atoms with van der Waals surface area (Å²) in [5.41, 5.74) is 0.628. The Bertz CT molecular complexity index is 683. The Balaban J connectivity index is 0.000000303. The second kappa shape index (κ2) is 14.0. The highest BCUT2D eigenvalue weighted by Crippen LogP contribution is 2.23. The van der Waals surface area contributed by atoms with Crippen LogP contribution in [0.4, 0.5) is 15.3 Å². The number of nitrogens with one attached hydrogen (secondary N) is 2. The van der Waals surface area contributed by atoms with Crippen molar-refractivity contribution in [1.82, 2.24) is 10.3 Å². The highest BCUT2D eigenvalue weighted by Gasteiger charge is 2.22. The number of carbonyl (C=O) groups excluding carboxylic acids is 2. The summed E-state index contributed by atoms with van der Waals surface area (Å²) in [6.45, 7) is 5.94. The third kappa shape index (κ3) is 10.6. The van der Waals surface area contributed by atoms with Crippen LogP contribution in [-0.4, -0.2) is 41.7 Å². The fraction of sp³-hybridized carbons (Fsp3) is 0.600. The van der Waals surface area contributed by atoms with Crippen molar-refractivity contribution in [1.29, 1.82) is 0 Å². The molecule has 0 unspecified atom stereocenters. The summed E-state index contributed by atoms with van der Waals surface area (Å²) in [6.07, 6.45) is 3.58. The molecule has 0 radical (unpaired) electrons. The molecule has 8 nitrogen and oxygen atoms in total. The predicted molar refractivity (Wildman–Crippen MR) is 120 cm³/mol. The molecular weight excluding hydrogens is 431 g/mol. The topological polar surface area (TPSA) is 100 Å². The molecule has 3 amide bonds. The fourth-order valence-electron chi connectivity index (χ4n) is 2.84. The third-order valence-electron chi connectivity index (χ3n) is 4.39. The zero-order valence-corrected chi connectivity index (χ0v) is 19.1. The van der Waals surface area contributed by atoms with Crippen molar-refractivity contribution in [3.63, 3.8) is 0 Å². The van der Waals surface area contributed by atoms with E-state index in [-0.39, 0.29) is 24.6 Å². The second-order valence-electron chi connectivity index (χ2n) is 7.39. The maximum atomic E-state index is 11.6. The molecule has 168 valence electrons. The van der Waals surface area contributed by atoms with Gasteiger partial charge in [0, 0.05) is 22.6 Å². The summed E-state index contributed by atoms with van der Waals surface area (Å²) < 4.78 is 4.90. The van der Waals surface area contributed by atoms with E-state index in [9.17, 15) is 14.5 Å². The number of carbonyl (C=O) groups is 2. The summed E-state index contributed by atoms with van der Waals surface area (Å²) in [4.78, 5) is 33.1. The lowest BCUT2D eigenvalue weighted by molar-refractivity contribution is 0.130. The molecule has 2 N–H and O–H groups in total. The van der Waals surface area contributed by atoms with Crippen LogP contribution in [0.5, 0.6) is 0 Å². The maximum Gasteiger partial charge on any atom is 0.411 e. The van der Waals surface area contributed by atoms with Crippen LogP contribution in [0.25, 0.3) is 0 Å². The Morgan fingerprint density at radius 3 is 2.47 bits per heavy atom. The quantitative estimate of drug-likeness (QED) is 0.318. The van der Waals surface area contributed by atoms with E-state index >= 15 is 0 Å². The van der Waals surface area contributed by atoms with Crippen LogP contribution in [0, 0.1) is 10.8 Å². The van der Waals surface area contributed by atoms with Gasteiger partial charge in [-0.05, 0) is 63.6 Å². The van der Waals surface area contributed by atoms with Gasteiger partial charge in [-0.2, -0.15) is 5.01 Å². The second-order valence-corrected chi connectivity index (χ2v) is 8.20. The first-order valence-electron chi connectivity index (χ1n) is 9.95. The minimum Gasteiger partial charge on any atom is -0.447 e. The molecule has 0 aromatic heterocycles. The van der Waals surface area contributed by atoms with Gasteiger partial charge in [0.15, 0.2) is 0 Å². The molecule has 0 bridgehead atoms. The summed E-state index contributed by atoms with van der Waals surface area (Å²) >= 11 is 11.2. The van der Waals surface area contributed by atoms with Gasteiger partial charge in [-0.1, -0.05) is 24.6 Å². The number of benzene rings is 1. The van der Waals surface area contributed by atoms with Crippen molar-refractivity contribution in [2.45, 2.75) is 58.6 Å². The van der Waals surface area contributed by atoms with E-state index in [0.717, 1.165) is 36.6 Å². The third-order valence-corrected chi connectivity index (χ3v) is 4.79. The lowest BCUT2D eigenvalue weighted by atomic mass is 9.87. The van der Waals surface area contributed by atoms with Crippen LogP contribution in [-0.2, 0) is 4.74 Å². The Morgan fingerprint density at radius 2 is 1.93 bits per heavy atom. The summed E-state index contributed by atoms with van der Waals surface area (Å²) in [5.74, 6) is 0.942. The highest BCUT2D eigenvalue weighted by molar-refractivity contribution is 6.30. The fourth-order valence-corrected chi connectivity index (χ4v) is 3.19. The molecule has 1 fully saturated rings. The number of hydrogen-bond donors (Lipinski definition) is 2. The van der Waals surface area contributed by atoms with E-state index in [4.69, 9.17) is 27.9 Å². The molecule has 0 heterocycles. The first kappa shape index (κ1) is 26.0. The van der Waals surface area contributed by atoms with Crippen LogP contribution in [0.3, 0.4) is 0 Å². The van der Waals surface area contributed by atoms with E-state index in [1.54, 1.807) is 38.1 Å².